The fourth-order valence-corrected chi connectivity index (χ4v) is 6.30. The van der Waals surface area contributed by atoms with Crippen LogP contribution in [0, 0.1) is 23.5 Å². The first kappa shape index (κ1) is 24.8. The summed E-state index contributed by atoms with van der Waals surface area (Å²) in [6.07, 6.45) is 9.60. The molecule has 1 N–H and O–H groups in total. The summed E-state index contributed by atoms with van der Waals surface area (Å²) in [6, 6.07) is 11.9. The molecule has 2 unspecified atom stereocenters. The van der Waals surface area contributed by atoms with Crippen molar-refractivity contribution in [3.63, 3.8) is 0 Å². The molecule has 5 rings (SSSR count). The molecule has 0 aromatic heterocycles. The van der Waals surface area contributed by atoms with Gasteiger partial charge in [0.15, 0.2) is 0 Å². The first-order chi connectivity index (χ1) is 17.3. The number of hydrogen-bond acceptors (Lipinski definition) is 3. The average molecular weight is 493 g/mol. The van der Waals surface area contributed by atoms with Gasteiger partial charge in [0.25, 0.3) is 0 Å². The maximum atomic E-state index is 13.4. The summed E-state index contributed by atoms with van der Waals surface area (Å²) in [6.45, 7) is 6.05. The smallest absolute Gasteiger partial charge is 0.246 e. The van der Waals surface area contributed by atoms with Crippen LogP contribution in [0.1, 0.15) is 42.9 Å². The van der Waals surface area contributed by atoms with E-state index >= 15 is 0 Å². The first-order valence-corrected chi connectivity index (χ1v) is 13.0. The number of aliphatic hydroxyl groups is 1. The number of halogens is 2. The molecular formula is C30H34F2N2O2. The van der Waals surface area contributed by atoms with Crippen molar-refractivity contribution in [2.45, 2.75) is 37.7 Å². The number of rotatable bonds is 5. The Morgan fingerprint density at radius 3 is 2.58 bits per heavy atom. The Bertz CT molecular complexity index is 1150. The predicted octanol–water partition coefficient (Wildman–Crippen LogP) is 4.88. The van der Waals surface area contributed by atoms with Gasteiger partial charge in [-0.25, -0.2) is 8.78 Å². The van der Waals surface area contributed by atoms with E-state index in [9.17, 15) is 18.7 Å². The molecule has 2 aromatic carbocycles. The molecule has 1 aliphatic carbocycles. The largest absolute Gasteiger partial charge is 0.392 e. The van der Waals surface area contributed by atoms with Gasteiger partial charge in [0, 0.05) is 43.7 Å². The van der Waals surface area contributed by atoms with Crippen molar-refractivity contribution >= 4 is 18.1 Å². The number of nitrogens with zero attached hydrogens (tertiary/aromatic N) is 2. The third-order valence-corrected chi connectivity index (χ3v) is 8.42. The van der Waals surface area contributed by atoms with E-state index in [1.54, 1.807) is 4.90 Å². The van der Waals surface area contributed by atoms with Crippen molar-refractivity contribution in [2.75, 3.05) is 32.7 Å². The number of piperidine rings is 2. The normalized spacial score (nSPS) is 25.6. The second-order valence-corrected chi connectivity index (χ2v) is 10.6. The Labute approximate surface area is 211 Å². The highest BCUT2D eigenvalue weighted by molar-refractivity contribution is 5.91. The van der Waals surface area contributed by atoms with Crippen LogP contribution in [0.3, 0.4) is 0 Å². The number of benzene rings is 2. The fourth-order valence-electron chi connectivity index (χ4n) is 6.30. The molecule has 3 atom stereocenters. The lowest BCUT2D eigenvalue weighted by molar-refractivity contribution is -0.128. The average Bonchev–Trinajstić information content (AvgIpc) is 3.24. The quantitative estimate of drug-likeness (QED) is 0.605. The monoisotopic (exact) mass is 492 g/mol. The zero-order valence-corrected chi connectivity index (χ0v) is 20.7. The minimum absolute atomic E-state index is 0.106. The van der Waals surface area contributed by atoms with E-state index in [2.05, 4.69) is 48.2 Å². The van der Waals surface area contributed by atoms with Gasteiger partial charge in [0.2, 0.25) is 5.91 Å². The highest BCUT2D eigenvalue weighted by Crippen LogP contribution is 2.46. The van der Waals surface area contributed by atoms with E-state index in [0.717, 1.165) is 38.4 Å². The van der Waals surface area contributed by atoms with Crippen LogP contribution >= 0.6 is 0 Å². The van der Waals surface area contributed by atoms with Crippen molar-refractivity contribution in [3.05, 3.63) is 82.9 Å². The topological polar surface area (TPSA) is 43.8 Å². The number of carbonyl (C=O) groups is 1. The molecule has 2 aromatic rings. The summed E-state index contributed by atoms with van der Waals surface area (Å²) in [5, 5.41) is 11.0. The molecule has 0 radical (unpaired) electrons. The van der Waals surface area contributed by atoms with Gasteiger partial charge >= 0.3 is 0 Å². The Morgan fingerprint density at radius 1 is 1.14 bits per heavy atom. The summed E-state index contributed by atoms with van der Waals surface area (Å²) in [4.78, 5) is 16.7. The number of aliphatic hydroxyl groups excluding tert-OH is 1. The highest BCUT2D eigenvalue weighted by Gasteiger charge is 2.43. The Hall–Kier alpha value is -2.83. The summed E-state index contributed by atoms with van der Waals surface area (Å²) < 4.78 is 26.7. The molecular weight excluding hydrogens is 458 g/mol. The summed E-state index contributed by atoms with van der Waals surface area (Å²) in [5.74, 6) is -0.878. The molecule has 0 saturated carbocycles. The maximum absolute atomic E-state index is 13.4. The zero-order valence-electron chi connectivity index (χ0n) is 20.7. The number of fused-ring (bicyclic) bond motifs is 2. The Kier molecular flexibility index (Phi) is 7.09. The van der Waals surface area contributed by atoms with Gasteiger partial charge in [0.1, 0.15) is 11.6 Å². The van der Waals surface area contributed by atoms with Crippen molar-refractivity contribution in [1.82, 2.24) is 9.80 Å². The van der Waals surface area contributed by atoms with E-state index in [1.165, 1.54) is 35.4 Å². The molecule has 36 heavy (non-hydrogen) atoms. The van der Waals surface area contributed by atoms with Crippen LogP contribution in [0.25, 0.3) is 12.2 Å². The molecule has 190 valence electrons. The number of carbonyl (C=O) groups excluding carboxylic acids is 1. The third-order valence-electron chi connectivity index (χ3n) is 8.42. The minimum atomic E-state index is -0.667. The fraction of sp³-hybridized carbons (Fsp3) is 0.433. The molecule has 2 aliphatic heterocycles. The van der Waals surface area contributed by atoms with Gasteiger partial charge in [-0.05, 0) is 72.5 Å². The van der Waals surface area contributed by atoms with Crippen molar-refractivity contribution in [2.24, 2.45) is 11.8 Å². The van der Waals surface area contributed by atoms with E-state index in [-0.39, 0.29) is 17.2 Å². The number of hydrogen-bond donors (Lipinski definition) is 1. The van der Waals surface area contributed by atoms with E-state index in [4.69, 9.17) is 0 Å². The van der Waals surface area contributed by atoms with Crippen molar-refractivity contribution in [3.8, 4) is 0 Å². The van der Waals surface area contributed by atoms with Gasteiger partial charge in [0.05, 0.1) is 6.10 Å². The van der Waals surface area contributed by atoms with Gasteiger partial charge in [-0.15, -0.1) is 0 Å². The summed E-state index contributed by atoms with van der Waals surface area (Å²) in [5.41, 5.74) is 3.19. The third kappa shape index (κ3) is 5.02. The second kappa shape index (κ2) is 10.3. The lowest BCUT2D eigenvalue weighted by Gasteiger charge is -2.45. The van der Waals surface area contributed by atoms with Gasteiger partial charge in [-0.1, -0.05) is 43.3 Å². The molecule has 6 heteroatoms. The van der Waals surface area contributed by atoms with Crippen LogP contribution in [-0.2, 0) is 10.2 Å². The van der Waals surface area contributed by atoms with Crippen LogP contribution in [0.5, 0.6) is 0 Å². The molecule has 2 heterocycles. The lowest BCUT2D eigenvalue weighted by atomic mass is 9.68. The SMILES string of the molecule is C[C@@H]1CN(CC(O)C2CCN(C(=O)/C=C/c3cc(F)cc(F)c3)CC2)CCC12C=Cc1ccccc12. The molecule has 0 bridgehead atoms. The minimum Gasteiger partial charge on any atom is -0.392 e. The number of allylic oxidation sites excluding steroid dienone is 1. The van der Waals surface area contributed by atoms with E-state index in [1.807, 2.05) is 0 Å². The van der Waals surface area contributed by atoms with Crippen LogP contribution in [0.15, 0.2) is 54.6 Å². The Morgan fingerprint density at radius 2 is 1.86 bits per heavy atom. The summed E-state index contributed by atoms with van der Waals surface area (Å²) in [7, 11) is 0. The maximum Gasteiger partial charge on any atom is 0.246 e. The van der Waals surface area contributed by atoms with Gasteiger partial charge in [-0.2, -0.15) is 0 Å². The van der Waals surface area contributed by atoms with Gasteiger partial charge < -0.3 is 14.9 Å². The molecule has 1 spiro atoms. The molecule has 1 amide bonds. The van der Waals surface area contributed by atoms with Crippen LogP contribution in [0.4, 0.5) is 8.78 Å². The lowest BCUT2D eigenvalue weighted by Crippen LogP contribution is -2.51. The van der Waals surface area contributed by atoms with E-state index < -0.39 is 17.7 Å². The van der Waals surface area contributed by atoms with Crippen LogP contribution in [-0.4, -0.2) is 59.6 Å². The van der Waals surface area contributed by atoms with Crippen molar-refractivity contribution in [1.29, 1.82) is 0 Å². The molecule has 3 aliphatic rings. The van der Waals surface area contributed by atoms with Crippen LogP contribution in [0.2, 0.25) is 0 Å². The van der Waals surface area contributed by atoms with Crippen molar-refractivity contribution < 1.29 is 18.7 Å². The van der Waals surface area contributed by atoms with Crippen LogP contribution < -0.4 is 0 Å². The first-order valence-electron chi connectivity index (χ1n) is 13.0. The highest BCUT2D eigenvalue weighted by atomic mass is 19.1. The Balaban J connectivity index is 1.11. The molecule has 4 nitrogen and oxygen atoms in total. The van der Waals surface area contributed by atoms with E-state index in [0.29, 0.717) is 31.1 Å². The molecule has 2 fully saturated rings. The zero-order chi connectivity index (χ0) is 25.3. The van der Waals surface area contributed by atoms with Gasteiger partial charge in [-0.3, -0.25) is 4.79 Å². The second-order valence-electron chi connectivity index (χ2n) is 10.6. The summed E-state index contributed by atoms with van der Waals surface area (Å²) >= 11 is 0. The standard InChI is InChI=1S/C30H34F2N2O2/c1-21-19-33(15-12-30(21)11-8-23-4-2-3-5-27(23)30)20-28(35)24-9-13-34(14-10-24)29(36)7-6-22-16-25(31)18-26(32)17-22/h2-8,11,16-18,21,24,28,35H,9-10,12-15,19-20H2,1H3/b7-6+/t21-,28?,30?/m1/s1. The number of β-amino-alcohol motifs (C(OH)–C–C–N with tert-alkyl or cyclic N) is 1. The number of amides is 1. The number of likely N-dealkylation sites (tertiary alicyclic amines) is 2. The molecule has 2 saturated heterocycles. The predicted molar refractivity (Wildman–Crippen MR) is 138 cm³/mol.